The van der Waals surface area contributed by atoms with Crippen LogP contribution in [0.2, 0.25) is 0 Å². The third-order valence-corrected chi connectivity index (χ3v) is 4.75. The van der Waals surface area contributed by atoms with Crippen LogP contribution in [0.3, 0.4) is 0 Å². The molecule has 0 fully saturated rings. The van der Waals surface area contributed by atoms with Crippen molar-refractivity contribution in [1.82, 2.24) is 29.4 Å². The second-order valence-corrected chi connectivity index (χ2v) is 6.95. The van der Waals surface area contributed by atoms with E-state index in [0.29, 0.717) is 28.3 Å². The van der Waals surface area contributed by atoms with Gasteiger partial charge >= 0.3 is 0 Å². The number of anilines is 1. The van der Waals surface area contributed by atoms with Gasteiger partial charge in [0.1, 0.15) is 17.2 Å². The number of carbonyl (C=O) groups excluding carboxylic acids is 1. The van der Waals surface area contributed by atoms with Crippen LogP contribution in [0.5, 0.6) is 0 Å². The van der Waals surface area contributed by atoms with Crippen LogP contribution >= 0.6 is 0 Å². The molecule has 0 atom stereocenters. The smallest absolute Gasteiger partial charge is 0.262 e. The molecule has 0 aliphatic carbocycles. The van der Waals surface area contributed by atoms with Crippen LogP contribution in [0.1, 0.15) is 15.9 Å². The van der Waals surface area contributed by atoms with Gasteiger partial charge in [-0.05, 0) is 31.2 Å². The maximum atomic E-state index is 13.7. The molecule has 0 radical (unpaired) electrons. The standard InChI is InChI=1S/C22H16FN7O/c1-14-3-5-17(6-4-14)30-20(10-19(28-30)15-9-16(23)12-24-11-15)27-22(31)18-13-26-29-8-2-7-25-21(18)29/h2-13H,1H3,(H,27,31). The Balaban J connectivity index is 1.57. The van der Waals surface area contributed by atoms with Gasteiger partial charge < -0.3 is 5.32 Å². The summed E-state index contributed by atoms with van der Waals surface area (Å²) in [6.45, 7) is 1.98. The fraction of sp³-hybridized carbons (Fsp3) is 0.0455. The minimum absolute atomic E-state index is 0.325. The van der Waals surface area contributed by atoms with Gasteiger partial charge in [0, 0.05) is 30.2 Å². The number of pyridine rings is 1. The number of aromatic nitrogens is 6. The van der Waals surface area contributed by atoms with Crippen molar-refractivity contribution >= 4 is 17.4 Å². The average Bonchev–Trinajstić information content (AvgIpc) is 3.39. The number of carbonyl (C=O) groups is 1. The zero-order chi connectivity index (χ0) is 21.4. The topological polar surface area (TPSA) is 90.0 Å². The van der Waals surface area contributed by atoms with Gasteiger partial charge in [-0.1, -0.05) is 17.7 Å². The quantitative estimate of drug-likeness (QED) is 0.485. The number of aryl methyl sites for hydroxylation is 1. The molecule has 31 heavy (non-hydrogen) atoms. The number of hydrogen-bond donors (Lipinski definition) is 1. The minimum Gasteiger partial charge on any atom is -0.306 e. The third-order valence-electron chi connectivity index (χ3n) is 4.75. The van der Waals surface area contributed by atoms with Crippen LogP contribution in [0.4, 0.5) is 10.2 Å². The van der Waals surface area contributed by atoms with Gasteiger partial charge in [0.05, 0.1) is 23.8 Å². The zero-order valence-corrected chi connectivity index (χ0v) is 16.4. The van der Waals surface area contributed by atoms with Crippen molar-refractivity contribution < 1.29 is 9.18 Å². The molecule has 1 aromatic carbocycles. The molecular formula is C22H16FN7O. The molecule has 0 bridgehead atoms. The van der Waals surface area contributed by atoms with Gasteiger partial charge in [-0.15, -0.1) is 0 Å². The summed E-state index contributed by atoms with van der Waals surface area (Å²) in [6, 6.07) is 12.4. The van der Waals surface area contributed by atoms with Crippen molar-refractivity contribution in [2.24, 2.45) is 0 Å². The van der Waals surface area contributed by atoms with E-state index in [4.69, 9.17) is 0 Å². The number of fused-ring (bicyclic) bond motifs is 1. The lowest BCUT2D eigenvalue weighted by Gasteiger charge is -2.08. The first-order chi connectivity index (χ1) is 15.1. The van der Waals surface area contributed by atoms with Gasteiger partial charge in [-0.25, -0.2) is 18.6 Å². The fourth-order valence-electron chi connectivity index (χ4n) is 3.22. The summed E-state index contributed by atoms with van der Waals surface area (Å²) in [7, 11) is 0. The first kappa shape index (κ1) is 18.6. The van der Waals surface area contributed by atoms with Crippen molar-refractivity contribution in [3.05, 3.63) is 90.4 Å². The first-order valence-electron chi connectivity index (χ1n) is 9.46. The number of rotatable bonds is 4. The largest absolute Gasteiger partial charge is 0.306 e. The van der Waals surface area contributed by atoms with Crippen LogP contribution in [0.15, 0.2) is 73.4 Å². The van der Waals surface area contributed by atoms with Crippen molar-refractivity contribution in [3.8, 4) is 16.9 Å². The number of halogens is 1. The Morgan fingerprint density at radius 3 is 2.74 bits per heavy atom. The highest BCUT2D eigenvalue weighted by atomic mass is 19.1. The second-order valence-electron chi connectivity index (χ2n) is 6.95. The molecular weight excluding hydrogens is 397 g/mol. The number of hydrogen-bond acceptors (Lipinski definition) is 5. The Labute approximate surface area is 176 Å². The van der Waals surface area contributed by atoms with E-state index in [2.05, 4.69) is 25.5 Å². The summed E-state index contributed by atoms with van der Waals surface area (Å²) in [4.78, 5) is 21.1. The predicted molar refractivity (Wildman–Crippen MR) is 112 cm³/mol. The Kier molecular flexibility index (Phi) is 4.47. The maximum Gasteiger partial charge on any atom is 0.262 e. The molecule has 4 heterocycles. The summed E-state index contributed by atoms with van der Waals surface area (Å²) >= 11 is 0. The highest BCUT2D eigenvalue weighted by molar-refractivity contribution is 6.08. The van der Waals surface area contributed by atoms with Crippen LogP contribution in [0.25, 0.3) is 22.6 Å². The van der Waals surface area contributed by atoms with E-state index in [1.807, 2.05) is 31.2 Å². The molecule has 8 nitrogen and oxygen atoms in total. The summed E-state index contributed by atoms with van der Waals surface area (Å²) in [6.07, 6.45) is 7.42. The summed E-state index contributed by atoms with van der Waals surface area (Å²) in [5, 5.41) is 11.6. The van der Waals surface area contributed by atoms with E-state index in [1.54, 1.807) is 29.2 Å². The molecule has 152 valence electrons. The molecule has 5 aromatic rings. The Morgan fingerprint density at radius 1 is 1.10 bits per heavy atom. The predicted octanol–water partition coefficient (Wildman–Crippen LogP) is 3.68. The molecule has 0 saturated heterocycles. The fourth-order valence-corrected chi connectivity index (χ4v) is 3.22. The number of nitrogens with zero attached hydrogens (tertiary/aromatic N) is 6. The molecule has 5 rings (SSSR count). The normalized spacial score (nSPS) is 11.0. The zero-order valence-electron chi connectivity index (χ0n) is 16.4. The number of amides is 1. The van der Waals surface area contributed by atoms with Crippen LogP contribution in [0, 0.1) is 12.7 Å². The lowest BCUT2D eigenvalue weighted by Crippen LogP contribution is -2.15. The van der Waals surface area contributed by atoms with Crippen molar-refractivity contribution in [3.63, 3.8) is 0 Å². The molecule has 1 amide bonds. The van der Waals surface area contributed by atoms with Crippen molar-refractivity contribution in [1.29, 1.82) is 0 Å². The lowest BCUT2D eigenvalue weighted by molar-refractivity contribution is 0.102. The van der Waals surface area contributed by atoms with Gasteiger partial charge in [-0.2, -0.15) is 10.2 Å². The molecule has 0 aliphatic heterocycles. The summed E-state index contributed by atoms with van der Waals surface area (Å²) in [5.41, 5.74) is 3.57. The highest BCUT2D eigenvalue weighted by Gasteiger charge is 2.18. The molecule has 0 spiro atoms. The number of nitrogens with one attached hydrogen (secondary N) is 1. The van der Waals surface area contributed by atoms with E-state index in [0.717, 1.165) is 17.4 Å². The second kappa shape index (κ2) is 7.45. The van der Waals surface area contributed by atoms with Crippen LogP contribution in [-0.4, -0.2) is 35.3 Å². The van der Waals surface area contributed by atoms with Gasteiger partial charge in [0.25, 0.3) is 5.91 Å². The molecule has 1 N–H and O–H groups in total. The van der Waals surface area contributed by atoms with E-state index in [9.17, 15) is 9.18 Å². The van der Waals surface area contributed by atoms with E-state index < -0.39 is 5.82 Å². The van der Waals surface area contributed by atoms with Crippen molar-refractivity contribution in [2.45, 2.75) is 6.92 Å². The molecule has 4 aromatic heterocycles. The van der Waals surface area contributed by atoms with E-state index in [-0.39, 0.29) is 5.91 Å². The SMILES string of the molecule is Cc1ccc(-n2nc(-c3cncc(F)c3)cc2NC(=O)c2cnn3cccnc23)cc1. The van der Waals surface area contributed by atoms with E-state index >= 15 is 0 Å². The van der Waals surface area contributed by atoms with Crippen LogP contribution < -0.4 is 5.32 Å². The Hall–Kier alpha value is -4.40. The van der Waals surface area contributed by atoms with Gasteiger partial charge in [0.15, 0.2) is 5.65 Å². The average molecular weight is 413 g/mol. The Morgan fingerprint density at radius 2 is 1.94 bits per heavy atom. The van der Waals surface area contributed by atoms with Crippen molar-refractivity contribution in [2.75, 3.05) is 5.32 Å². The maximum absolute atomic E-state index is 13.7. The number of benzene rings is 1. The minimum atomic E-state index is -0.467. The van der Waals surface area contributed by atoms with Crippen LogP contribution in [-0.2, 0) is 0 Å². The molecule has 0 aliphatic rings. The third kappa shape index (κ3) is 3.52. The molecule has 9 heteroatoms. The van der Waals surface area contributed by atoms with E-state index in [1.165, 1.54) is 23.0 Å². The monoisotopic (exact) mass is 413 g/mol. The Bertz CT molecular complexity index is 1410. The molecule has 0 saturated carbocycles. The summed E-state index contributed by atoms with van der Waals surface area (Å²) in [5.74, 6) is -0.431. The highest BCUT2D eigenvalue weighted by Crippen LogP contribution is 2.25. The molecule has 0 unspecified atom stereocenters. The lowest BCUT2D eigenvalue weighted by atomic mass is 10.2. The van der Waals surface area contributed by atoms with Gasteiger partial charge in [-0.3, -0.25) is 9.78 Å². The summed E-state index contributed by atoms with van der Waals surface area (Å²) < 4.78 is 16.8. The van der Waals surface area contributed by atoms with Gasteiger partial charge in [0.2, 0.25) is 0 Å². The first-order valence-corrected chi connectivity index (χ1v) is 9.46.